The minimum absolute atomic E-state index is 0.0000339. The van der Waals surface area contributed by atoms with Gasteiger partial charge >= 0.3 is 16.5 Å². The molecule has 0 aliphatic heterocycles. The first-order chi connectivity index (χ1) is 17.8. The summed E-state index contributed by atoms with van der Waals surface area (Å²) in [6.45, 7) is -0.333. The summed E-state index contributed by atoms with van der Waals surface area (Å²) in [4.78, 5) is 21.0. The van der Waals surface area contributed by atoms with Gasteiger partial charge in [-0.05, 0) is 42.5 Å². The zero-order chi connectivity index (χ0) is 27.7. The second-order valence-corrected chi connectivity index (χ2v) is 10.3. The largest absolute Gasteiger partial charge is 0.417 e. The normalized spacial score (nSPS) is 20.0. The van der Waals surface area contributed by atoms with E-state index in [1.54, 1.807) is 0 Å². The zero-order valence-corrected chi connectivity index (χ0v) is 21.0. The van der Waals surface area contributed by atoms with Gasteiger partial charge < -0.3 is 5.32 Å². The minimum atomic E-state index is -4.62. The number of carbonyl (C=O) groups is 1. The van der Waals surface area contributed by atoms with E-state index in [-0.39, 0.29) is 48.6 Å². The third kappa shape index (κ3) is 6.83. The Morgan fingerprint density at radius 1 is 1.26 bits per heavy atom. The molecular formula is C22H21ClF4N6O4S. The number of nitrogens with one attached hydrogen (secondary N) is 1. The van der Waals surface area contributed by atoms with E-state index in [0.717, 1.165) is 12.1 Å². The first kappa shape index (κ1) is 27.9. The van der Waals surface area contributed by atoms with Crippen molar-refractivity contribution in [3.8, 4) is 0 Å². The molecule has 2 aromatic heterocycles. The van der Waals surface area contributed by atoms with Gasteiger partial charge in [0.25, 0.3) is 0 Å². The highest BCUT2D eigenvalue weighted by molar-refractivity contribution is 7.84. The van der Waals surface area contributed by atoms with Crippen LogP contribution in [0.3, 0.4) is 0 Å². The molecule has 0 saturated heterocycles. The van der Waals surface area contributed by atoms with Crippen LogP contribution in [-0.2, 0) is 27.2 Å². The summed E-state index contributed by atoms with van der Waals surface area (Å²) >= 11 is 5.66. The smallest absolute Gasteiger partial charge is 0.364 e. The van der Waals surface area contributed by atoms with Gasteiger partial charge in [-0.25, -0.2) is 19.5 Å². The number of carbonyl (C=O) groups excluding carboxylic acids is 1. The third-order valence-electron chi connectivity index (χ3n) is 5.88. The molecule has 3 atom stereocenters. The van der Waals surface area contributed by atoms with Crippen LogP contribution in [-0.4, -0.2) is 52.8 Å². The van der Waals surface area contributed by atoms with Crippen LogP contribution in [0.25, 0.3) is 0 Å². The van der Waals surface area contributed by atoms with Crippen molar-refractivity contribution in [2.45, 2.75) is 37.8 Å². The predicted octanol–water partition coefficient (Wildman–Crippen LogP) is 3.37. The van der Waals surface area contributed by atoms with Crippen molar-refractivity contribution in [1.82, 2.24) is 19.7 Å². The van der Waals surface area contributed by atoms with Crippen molar-refractivity contribution in [3.63, 3.8) is 0 Å². The number of rotatable bonds is 9. The lowest BCUT2D eigenvalue weighted by atomic mass is 10.1. The lowest BCUT2D eigenvalue weighted by molar-refractivity contribution is -0.137. The van der Waals surface area contributed by atoms with Crippen LogP contribution in [0.2, 0.25) is 5.02 Å². The Morgan fingerprint density at radius 3 is 2.74 bits per heavy atom. The molecule has 1 fully saturated rings. The first-order valence-corrected chi connectivity index (χ1v) is 13.0. The van der Waals surface area contributed by atoms with Gasteiger partial charge in [0.1, 0.15) is 24.0 Å². The number of halogens is 5. The summed E-state index contributed by atoms with van der Waals surface area (Å²) < 4.78 is 81.9. The van der Waals surface area contributed by atoms with E-state index in [9.17, 15) is 30.8 Å². The number of benzene rings is 1. The summed E-state index contributed by atoms with van der Waals surface area (Å²) in [6, 6.07) is 4.07. The van der Waals surface area contributed by atoms with Crippen LogP contribution in [0.4, 0.5) is 23.4 Å². The van der Waals surface area contributed by atoms with Crippen LogP contribution in [0.1, 0.15) is 40.0 Å². The molecule has 38 heavy (non-hydrogen) atoms. The van der Waals surface area contributed by atoms with Crippen LogP contribution in [0, 0.1) is 5.92 Å². The summed E-state index contributed by atoms with van der Waals surface area (Å²) in [5.74, 6) is -0.975. The van der Waals surface area contributed by atoms with Gasteiger partial charge in [0.05, 0.1) is 35.3 Å². The molecule has 0 bridgehead atoms. The summed E-state index contributed by atoms with van der Waals surface area (Å²) in [5, 5.41) is 11.4. The first-order valence-electron chi connectivity index (χ1n) is 11.1. The van der Waals surface area contributed by atoms with Crippen molar-refractivity contribution in [2.24, 2.45) is 11.1 Å². The summed E-state index contributed by atoms with van der Waals surface area (Å²) in [6.07, 6.45) is -1.95. The maximum Gasteiger partial charge on any atom is 0.417 e. The number of alkyl halides is 4. The number of hydrogen-bond donors (Lipinski definition) is 2. The quantitative estimate of drug-likeness (QED) is 0.292. The van der Waals surface area contributed by atoms with Crippen LogP contribution in [0.15, 0.2) is 43.0 Å². The number of nitrogens with two attached hydrogens (primary N) is 1. The van der Waals surface area contributed by atoms with Crippen LogP contribution in [0.5, 0.6) is 0 Å². The van der Waals surface area contributed by atoms with E-state index < -0.39 is 51.0 Å². The average Bonchev–Trinajstić information content (AvgIpc) is 3.44. The Hall–Kier alpha value is -3.14. The highest BCUT2D eigenvalue weighted by Gasteiger charge is 2.36. The maximum absolute atomic E-state index is 14.6. The fourth-order valence-corrected chi connectivity index (χ4v) is 4.74. The van der Waals surface area contributed by atoms with E-state index >= 15 is 0 Å². The van der Waals surface area contributed by atoms with E-state index in [1.165, 1.54) is 35.5 Å². The average molecular weight is 577 g/mol. The lowest BCUT2D eigenvalue weighted by Gasteiger charge is -2.17. The van der Waals surface area contributed by atoms with Gasteiger partial charge in [-0.2, -0.15) is 26.7 Å². The monoisotopic (exact) mass is 576 g/mol. The molecular weight excluding hydrogens is 556 g/mol. The number of anilines is 1. The molecule has 0 radical (unpaired) electrons. The topological polar surface area (TPSA) is 142 Å². The fourth-order valence-electron chi connectivity index (χ4n) is 4.13. The van der Waals surface area contributed by atoms with Gasteiger partial charge in [0, 0.05) is 12.4 Å². The molecule has 1 aromatic carbocycles. The molecule has 1 saturated carbocycles. The third-order valence-corrected chi connectivity index (χ3v) is 6.68. The summed E-state index contributed by atoms with van der Waals surface area (Å²) in [5.41, 5.74) is -0.741. The Labute approximate surface area is 219 Å². The number of nitrogens with zero attached hydrogens (tertiary/aromatic N) is 4. The lowest BCUT2D eigenvalue weighted by Crippen LogP contribution is -2.27. The minimum Gasteiger partial charge on any atom is -0.364 e. The van der Waals surface area contributed by atoms with Crippen molar-refractivity contribution in [2.75, 3.05) is 11.9 Å². The van der Waals surface area contributed by atoms with Gasteiger partial charge in [0.2, 0.25) is 5.78 Å². The molecule has 10 nitrogen and oxygen atoms in total. The van der Waals surface area contributed by atoms with Gasteiger partial charge in [-0.15, -0.1) is 0 Å². The molecule has 16 heteroatoms. The van der Waals surface area contributed by atoms with Crippen molar-refractivity contribution in [3.05, 3.63) is 70.4 Å². The van der Waals surface area contributed by atoms with E-state index in [2.05, 4.69) is 24.6 Å². The molecule has 0 spiro atoms. The van der Waals surface area contributed by atoms with E-state index in [4.69, 9.17) is 16.7 Å². The molecule has 4 rings (SSSR count). The van der Waals surface area contributed by atoms with Gasteiger partial charge in [-0.3, -0.25) is 13.7 Å². The Balaban J connectivity index is 1.47. The predicted molar refractivity (Wildman–Crippen MR) is 127 cm³/mol. The highest BCUT2D eigenvalue weighted by Crippen LogP contribution is 2.35. The second kappa shape index (κ2) is 10.9. The van der Waals surface area contributed by atoms with Crippen molar-refractivity contribution >= 4 is 33.5 Å². The maximum atomic E-state index is 14.6. The Bertz CT molecular complexity index is 1440. The number of aromatic nitrogens is 4. The van der Waals surface area contributed by atoms with Crippen LogP contribution >= 0.6 is 11.6 Å². The number of hydrogen-bond acceptors (Lipinski definition) is 8. The molecule has 3 aromatic rings. The molecule has 3 N–H and O–H groups in total. The van der Waals surface area contributed by atoms with Gasteiger partial charge in [-0.1, -0.05) is 17.7 Å². The highest BCUT2D eigenvalue weighted by atomic mass is 35.5. The van der Waals surface area contributed by atoms with Crippen molar-refractivity contribution < 1.29 is 35.0 Å². The van der Waals surface area contributed by atoms with Crippen molar-refractivity contribution in [1.29, 1.82) is 0 Å². The molecule has 2 heterocycles. The van der Waals surface area contributed by atoms with Gasteiger partial charge in [0.15, 0.2) is 0 Å². The Morgan fingerprint density at radius 2 is 2.03 bits per heavy atom. The fraction of sp³-hybridized carbons (Fsp3) is 0.364. The molecule has 204 valence electrons. The molecule has 0 amide bonds. The summed E-state index contributed by atoms with van der Waals surface area (Å²) in [7, 11) is -4.16. The standard InChI is InChI=1S/C22H21ClF4N6O4S/c23-16-2-1-12(5-15(16)22(25,26)27)9-33-4-3-18(32-33)20(34)14-8-29-11-30-21(14)31-19-7-13(6-17(19)24)10-37-38(28,35)36/h1-5,8,11,13,17,19H,6-7,9-10H2,(H2,28,35,36)(H,29,30,31). The zero-order valence-electron chi connectivity index (χ0n) is 19.4. The number of ketones is 1. The van der Waals surface area contributed by atoms with E-state index in [1.807, 2.05) is 0 Å². The Kier molecular flexibility index (Phi) is 8.01. The SMILES string of the molecule is NS(=O)(=O)OCC1CC(F)C(Nc2ncncc2C(=O)c2ccn(Cc3ccc(Cl)c(C(F)(F)F)c3)n2)C1. The molecule has 1 aliphatic rings. The molecule has 1 aliphatic carbocycles. The van der Waals surface area contributed by atoms with E-state index in [0.29, 0.717) is 0 Å². The van der Waals surface area contributed by atoms with Crippen LogP contribution < -0.4 is 10.5 Å². The molecule has 3 unspecified atom stereocenters. The second-order valence-electron chi connectivity index (χ2n) is 8.71.